The first-order chi connectivity index (χ1) is 7.57. The van der Waals surface area contributed by atoms with E-state index in [0.29, 0.717) is 5.39 Å². The van der Waals surface area contributed by atoms with Gasteiger partial charge in [-0.2, -0.15) is 0 Å². The molecule has 0 atom stereocenters. The van der Waals surface area contributed by atoms with Gasteiger partial charge in [-0.15, -0.1) is 8.42 Å². The summed E-state index contributed by atoms with van der Waals surface area (Å²) in [7, 11) is -4.18. The Bertz CT molecular complexity index is 742. The molecule has 0 N–H and O–H groups in total. The van der Waals surface area contributed by atoms with Crippen LogP contribution in [0.2, 0.25) is 0 Å². The van der Waals surface area contributed by atoms with E-state index in [2.05, 4.69) is 8.37 Å². The summed E-state index contributed by atoms with van der Waals surface area (Å²) in [4.78, 5) is 11.4. The zero-order valence-electron chi connectivity index (χ0n) is 7.67. The Morgan fingerprint density at radius 3 is 2.50 bits per heavy atom. The minimum absolute atomic E-state index is 0.119. The molecule has 0 amide bonds. The fourth-order valence-corrected chi connectivity index (χ4v) is 2.23. The van der Waals surface area contributed by atoms with Crippen molar-refractivity contribution in [2.75, 3.05) is 0 Å². The number of benzene rings is 1. The second-order valence-corrected chi connectivity index (χ2v) is 4.27. The second kappa shape index (κ2) is 2.76. The standard InChI is InChI=1S/C9H4O6S/c10-9-8-7(14-16(11,12)15-8)5-3-1-2-4-6(5)13-9/h1-4H. The zero-order valence-corrected chi connectivity index (χ0v) is 8.48. The van der Waals surface area contributed by atoms with Gasteiger partial charge in [-0.05, 0) is 12.1 Å². The summed E-state index contributed by atoms with van der Waals surface area (Å²) >= 11 is 0. The van der Waals surface area contributed by atoms with Gasteiger partial charge in [0.1, 0.15) is 5.58 Å². The maximum absolute atomic E-state index is 11.4. The topological polar surface area (TPSA) is 82.8 Å². The number of hydrogen-bond donors (Lipinski definition) is 0. The van der Waals surface area contributed by atoms with E-state index in [1.807, 2.05) is 0 Å². The molecule has 0 unspecified atom stereocenters. The van der Waals surface area contributed by atoms with Crippen molar-refractivity contribution in [2.45, 2.75) is 0 Å². The Morgan fingerprint density at radius 2 is 1.69 bits per heavy atom. The molecule has 1 aromatic carbocycles. The summed E-state index contributed by atoms with van der Waals surface area (Å²) < 4.78 is 35.9. The first-order valence-corrected chi connectivity index (χ1v) is 5.60. The lowest BCUT2D eigenvalue weighted by Gasteiger charge is -1.97. The Balaban J connectivity index is 2.49. The molecule has 0 bridgehead atoms. The van der Waals surface area contributed by atoms with Crippen LogP contribution in [-0.4, -0.2) is 8.42 Å². The van der Waals surface area contributed by atoms with Gasteiger partial charge in [0.2, 0.25) is 5.75 Å². The van der Waals surface area contributed by atoms with Crippen LogP contribution >= 0.6 is 0 Å². The highest BCUT2D eigenvalue weighted by molar-refractivity contribution is 7.82. The predicted octanol–water partition coefficient (Wildman–Crippen LogP) is 0.809. The van der Waals surface area contributed by atoms with Crippen LogP contribution in [0.1, 0.15) is 0 Å². The fraction of sp³-hybridized carbons (Fsp3) is 0. The summed E-state index contributed by atoms with van der Waals surface area (Å²) in [5.41, 5.74) is -0.637. The van der Waals surface area contributed by atoms with Crippen molar-refractivity contribution in [3.8, 4) is 11.5 Å². The van der Waals surface area contributed by atoms with Crippen molar-refractivity contribution in [3.63, 3.8) is 0 Å². The average Bonchev–Trinajstić information content (AvgIpc) is 2.55. The highest BCUT2D eigenvalue weighted by Gasteiger charge is 2.34. The third kappa shape index (κ3) is 1.18. The molecule has 16 heavy (non-hydrogen) atoms. The van der Waals surface area contributed by atoms with Gasteiger partial charge in [0.05, 0.1) is 5.39 Å². The third-order valence-corrected chi connectivity index (χ3v) is 2.84. The van der Waals surface area contributed by atoms with Gasteiger partial charge in [-0.25, -0.2) is 4.79 Å². The lowest BCUT2D eigenvalue weighted by molar-refractivity contribution is 0.431. The molecule has 0 saturated heterocycles. The van der Waals surface area contributed by atoms with Gasteiger partial charge >= 0.3 is 16.0 Å². The monoisotopic (exact) mass is 240 g/mol. The van der Waals surface area contributed by atoms with E-state index in [4.69, 9.17) is 4.42 Å². The summed E-state index contributed by atoms with van der Waals surface area (Å²) in [6, 6.07) is 6.42. The largest absolute Gasteiger partial charge is 0.501 e. The highest BCUT2D eigenvalue weighted by atomic mass is 32.3. The van der Waals surface area contributed by atoms with Crippen molar-refractivity contribution in [3.05, 3.63) is 34.7 Å². The van der Waals surface area contributed by atoms with E-state index < -0.39 is 21.8 Å². The van der Waals surface area contributed by atoms with Crippen LogP contribution in [0.25, 0.3) is 11.0 Å². The quantitative estimate of drug-likeness (QED) is 0.633. The maximum Gasteiger partial charge on any atom is 0.501 e. The smallest absolute Gasteiger partial charge is 0.420 e. The molecule has 6 nitrogen and oxygen atoms in total. The number of fused-ring (bicyclic) bond motifs is 3. The van der Waals surface area contributed by atoms with E-state index in [1.54, 1.807) is 18.2 Å². The van der Waals surface area contributed by atoms with E-state index >= 15 is 0 Å². The van der Waals surface area contributed by atoms with Crippen molar-refractivity contribution >= 4 is 21.4 Å². The van der Waals surface area contributed by atoms with E-state index in [9.17, 15) is 13.2 Å². The minimum atomic E-state index is -4.18. The molecule has 1 aliphatic heterocycles. The number of rotatable bonds is 0. The van der Waals surface area contributed by atoms with Crippen LogP contribution in [0.5, 0.6) is 11.5 Å². The summed E-state index contributed by atoms with van der Waals surface area (Å²) in [5, 5.41) is 0.373. The molecule has 0 aliphatic carbocycles. The number of para-hydroxylation sites is 1. The maximum atomic E-state index is 11.4. The SMILES string of the molecule is O=c1oc2ccccc2c2c1OS(=O)(=O)O2. The zero-order chi connectivity index (χ0) is 11.3. The van der Waals surface area contributed by atoms with E-state index in [-0.39, 0.29) is 11.3 Å². The Hall–Kier alpha value is -2.02. The van der Waals surface area contributed by atoms with Crippen LogP contribution in [0, 0.1) is 0 Å². The normalized spacial score (nSPS) is 16.5. The highest BCUT2D eigenvalue weighted by Crippen LogP contribution is 2.38. The minimum Gasteiger partial charge on any atom is -0.420 e. The molecule has 3 rings (SSSR count). The Morgan fingerprint density at radius 1 is 1.00 bits per heavy atom. The first kappa shape index (κ1) is 9.22. The van der Waals surface area contributed by atoms with Crippen molar-refractivity contribution in [1.82, 2.24) is 0 Å². The predicted molar refractivity (Wildman–Crippen MR) is 52.7 cm³/mol. The fourth-order valence-electron chi connectivity index (χ4n) is 1.48. The lowest BCUT2D eigenvalue weighted by Crippen LogP contribution is -2.10. The second-order valence-electron chi connectivity index (χ2n) is 3.12. The molecule has 0 fully saturated rings. The molecule has 2 heterocycles. The Kier molecular flexibility index (Phi) is 1.59. The summed E-state index contributed by atoms with van der Waals surface area (Å²) in [6.07, 6.45) is 0. The van der Waals surface area contributed by atoms with Gasteiger partial charge in [0, 0.05) is 0 Å². The molecular formula is C9H4O6S. The van der Waals surface area contributed by atoms with E-state index in [1.165, 1.54) is 6.07 Å². The van der Waals surface area contributed by atoms with Crippen molar-refractivity contribution < 1.29 is 21.2 Å². The molecule has 82 valence electrons. The number of hydrogen-bond acceptors (Lipinski definition) is 6. The van der Waals surface area contributed by atoms with Crippen molar-refractivity contribution in [2.24, 2.45) is 0 Å². The molecule has 0 saturated carbocycles. The van der Waals surface area contributed by atoms with Crippen LogP contribution in [0.15, 0.2) is 33.5 Å². The van der Waals surface area contributed by atoms with Crippen LogP contribution in [0.3, 0.4) is 0 Å². The Labute approximate surface area is 89.3 Å². The molecule has 7 heteroatoms. The summed E-state index contributed by atoms with van der Waals surface area (Å²) in [5.74, 6) is -0.550. The van der Waals surface area contributed by atoms with E-state index in [0.717, 1.165) is 0 Å². The van der Waals surface area contributed by atoms with Crippen molar-refractivity contribution in [1.29, 1.82) is 0 Å². The molecule has 1 aromatic heterocycles. The van der Waals surface area contributed by atoms with Gasteiger partial charge in [-0.1, -0.05) is 12.1 Å². The molecular weight excluding hydrogens is 236 g/mol. The van der Waals surface area contributed by atoms with Crippen LogP contribution < -0.4 is 14.0 Å². The van der Waals surface area contributed by atoms with Crippen LogP contribution in [-0.2, 0) is 10.4 Å². The molecule has 2 aromatic rings. The van der Waals surface area contributed by atoms with Gasteiger partial charge in [0.15, 0.2) is 0 Å². The van der Waals surface area contributed by atoms with Gasteiger partial charge in [0.25, 0.3) is 5.75 Å². The average molecular weight is 240 g/mol. The molecule has 0 radical (unpaired) electrons. The van der Waals surface area contributed by atoms with Gasteiger partial charge < -0.3 is 12.8 Å². The molecule has 1 aliphatic rings. The summed E-state index contributed by atoms with van der Waals surface area (Å²) in [6.45, 7) is 0. The van der Waals surface area contributed by atoms with Crippen LogP contribution in [0.4, 0.5) is 0 Å². The molecule has 0 spiro atoms. The van der Waals surface area contributed by atoms with Gasteiger partial charge in [-0.3, -0.25) is 0 Å². The third-order valence-electron chi connectivity index (χ3n) is 2.10. The lowest BCUT2D eigenvalue weighted by atomic mass is 10.2. The first-order valence-electron chi connectivity index (χ1n) is 4.26.